The lowest BCUT2D eigenvalue weighted by molar-refractivity contribution is -0.117. The molecular weight excluding hydrogens is 374 g/mol. The summed E-state index contributed by atoms with van der Waals surface area (Å²) in [4.78, 5) is 29.4. The lowest BCUT2D eigenvalue weighted by Gasteiger charge is -2.43. The minimum atomic E-state index is -0.198. The van der Waals surface area contributed by atoms with Crippen LogP contribution in [0, 0.1) is 0 Å². The van der Waals surface area contributed by atoms with E-state index in [4.69, 9.17) is 0 Å². The molecule has 2 atom stereocenters. The summed E-state index contributed by atoms with van der Waals surface area (Å²) in [5.74, 6) is 0.00778. The van der Waals surface area contributed by atoms with Gasteiger partial charge in [-0.25, -0.2) is 4.79 Å². The molecule has 0 radical (unpaired) electrons. The molecule has 3 amide bonds. The third kappa shape index (κ3) is 3.79. The summed E-state index contributed by atoms with van der Waals surface area (Å²) < 4.78 is 0. The van der Waals surface area contributed by atoms with Gasteiger partial charge in [0, 0.05) is 30.0 Å². The van der Waals surface area contributed by atoms with Gasteiger partial charge < -0.3 is 10.2 Å². The summed E-state index contributed by atoms with van der Waals surface area (Å²) in [6.45, 7) is 3.62. The quantitative estimate of drug-likeness (QED) is 0.622. The number of anilines is 3. The van der Waals surface area contributed by atoms with E-state index < -0.39 is 0 Å². The molecule has 5 heteroatoms. The number of urea groups is 1. The van der Waals surface area contributed by atoms with E-state index >= 15 is 0 Å². The molecule has 0 aromatic heterocycles. The highest BCUT2D eigenvalue weighted by atomic mass is 16.2. The van der Waals surface area contributed by atoms with E-state index in [1.54, 1.807) is 11.8 Å². The number of fused-ring (bicyclic) bond motifs is 1. The van der Waals surface area contributed by atoms with Crippen LogP contribution in [-0.4, -0.2) is 18.0 Å². The Hall–Kier alpha value is -3.60. The van der Waals surface area contributed by atoms with Crippen LogP contribution in [0.5, 0.6) is 0 Å². The molecule has 0 bridgehead atoms. The Balaban J connectivity index is 1.78. The van der Waals surface area contributed by atoms with Gasteiger partial charge in [-0.05, 0) is 49.2 Å². The van der Waals surface area contributed by atoms with Gasteiger partial charge in [-0.3, -0.25) is 9.69 Å². The van der Waals surface area contributed by atoms with E-state index in [9.17, 15) is 9.59 Å². The Morgan fingerprint density at radius 3 is 2.17 bits per heavy atom. The summed E-state index contributed by atoms with van der Waals surface area (Å²) in [6.07, 6.45) is 0.647. The smallest absolute Gasteiger partial charge is 0.309 e. The van der Waals surface area contributed by atoms with Crippen molar-refractivity contribution < 1.29 is 9.59 Å². The van der Waals surface area contributed by atoms with Gasteiger partial charge >= 0.3 is 6.03 Å². The van der Waals surface area contributed by atoms with Crippen LogP contribution in [-0.2, 0) is 4.79 Å². The van der Waals surface area contributed by atoms with E-state index in [0.29, 0.717) is 6.42 Å². The second-order valence-corrected chi connectivity index (χ2v) is 7.55. The second kappa shape index (κ2) is 8.41. The highest BCUT2D eigenvalue weighted by Gasteiger charge is 2.37. The number of carbonyl (C=O) groups is 2. The van der Waals surface area contributed by atoms with Crippen LogP contribution in [0.2, 0.25) is 0 Å². The van der Waals surface area contributed by atoms with Crippen molar-refractivity contribution >= 4 is 29.0 Å². The predicted octanol–water partition coefficient (Wildman–Crippen LogP) is 5.61. The monoisotopic (exact) mass is 399 g/mol. The standard InChI is InChI=1S/C25H25N3O2/c1-18-17-24(22-15-9-10-16-23(22)27(18)19(2)29)28(21-13-7-4-8-14-21)25(30)26-20-11-5-3-6-12-20/h3-16,18,24H,17H2,1-2H3,(H,26,30)/t18-,24+/m0/s1. The molecule has 1 heterocycles. The van der Waals surface area contributed by atoms with Gasteiger partial charge in [0.05, 0.1) is 6.04 Å². The van der Waals surface area contributed by atoms with E-state index in [1.807, 2.05) is 96.8 Å². The first kappa shape index (κ1) is 19.7. The predicted molar refractivity (Wildman–Crippen MR) is 121 cm³/mol. The lowest BCUT2D eigenvalue weighted by Crippen LogP contribution is -2.48. The van der Waals surface area contributed by atoms with Crippen molar-refractivity contribution in [1.29, 1.82) is 0 Å². The van der Waals surface area contributed by atoms with Crippen LogP contribution < -0.4 is 15.1 Å². The van der Waals surface area contributed by atoms with Gasteiger partial charge in [-0.2, -0.15) is 0 Å². The number of benzene rings is 3. The third-order valence-electron chi connectivity index (χ3n) is 5.49. The molecular formula is C25H25N3O2. The summed E-state index contributed by atoms with van der Waals surface area (Å²) in [7, 11) is 0. The molecule has 0 unspecified atom stereocenters. The average molecular weight is 399 g/mol. The largest absolute Gasteiger partial charge is 0.326 e. The normalized spacial score (nSPS) is 17.7. The summed E-state index contributed by atoms with van der Waals surface area (Å²) in [5.41, 5.74) is 3.39. The summed E-state index contributed by atoms with van der Waals surface area (Å²) in [5, 5.41) is 3.02. The molecule has 1 aliphatic heterocycles. The number of nitrogens with zero attached hydrogens (tertiary/aromatic N) is 2. The maximum Gasteiger partial charge on any atom is 0.326 e. The molecule has 1 N–H and O–H groups in total. The van der Waals surface area contributed by atoms with Crippen molar-refractivity contribution in [3.8, 4) is 0 Å². The van der Waals surface area contributed by atoms with Gasteiger partial charge in [0.15, 0.2) is 0 Å². The molecule has 3 aromatic carbocycles. The minimum absolute atomic E-state index is 0.00778. The third-order valence-corrected chi connectivity index (χ3v) is 5.49. The van der Waals surface area contributed by atoms with Crippen molar-refractivity contribution in [2.24, 2.45) is 0 Å². The van der Waals surface area contributed by atoms with E-state index in [1.165, 1.54) is 0 Å². The molecule has 4 rings (SSSR count). The van der Waals surface area contributed by atoms with E-state index in [2.05, 4.69) is 5.32 Å². The molecule has 3 aromatic rings. The summed E-state index contributed by atoms with van der Waals surface area (Å²) in [6, 6.07) is 26.5. The maximum atomic E-state index is 13.5. The molecule has 0 spiro atoms. The molecule has 1 aliphatic rings. The van der Waals surface area contributed by atoms with Crippen molar-refractivity contribution in [3.05, 3.63) is 90.5 Å². The Kier molecular flexibility index (Phi) is 5.53. The Bertz CT molecular complexity index is 1040. The first-order valence-corrected chi connectivity index (χ1v) is 10.2. The Morgan fingerprint density at radius 1 is 0.900 bits per heavy atom. The number of carbonyl (C=O) groups excluding carboxylic acids is 2. The fourth-order valence-electron chi connectivity index (χ4n) is 4.24. The number of hydrogen-bond donors (Lipinski definition) is 1. The topological polar surface area (TPSA) is 52.7 Å². The minimum Gasteiger partial charge on any atom is -0.309 e. The highest BCUT2D eigenvalue weighted by Crippen LogP contribution is 2.42. The van der Waals surface area contributed by atoms with Gasteiger partial charge in [0.1, 0.15) is 0 Å². The Morgan fingerprint density at radius 2 is 1.50 bits per heavy atom. The molecule has 0 saturated heterocycles. The number of nitrogens with one attached hydrogen (secondary N) is 1. The van der Waals surface area contributed by atoms with Crippen LogP contribution in [0.4, 0.5) is 21.9 Å². The van der Waals surface area contributed by atoms with Crippen molar-refractivity contribution in [1.82, 2.24) is 0 Å². The molecule has 5 nitrogen and oxygen atoms in total. The second-order valence-electron chi connectivity index (χ2n) is 7.55. The Labute approximate surface area is 176 Å². The highest BCUT2D eigenvalue weighted by molar-refractivity contribution is 6.03. The first-order chi connectivity index (χ1) is 14.6. The average Bonchev–Trinajstić information content (AvgIpc) is 2.75. The fourth-order valence-corrected chi connectivity index (χ4v) is 4.24. The molecule has 0 aliphatic carbocycles. The van der Waals surface area contributed by atoms with Crippen molar-refractivity contribution in [2.45, 2.75) is 32.4 Å². The molecule has 152 valence electrons. The van der Waals surface area contributed by atoms with Crippen molar-refractivity contribution in [3.63, 3.8) is 0 Å². The van der Waals surface area contributed by atoms with Gasteiger partial charge in [0.25, 0.3) is 0 Å². The molecule has 0 fully saturated rings. The van der Waals surface area contributed by atoms with Crippen LogP contribution in [0.15, 0.2) is 84.9 Å². The SMILES string of the molecule is CC(=O)N1c2ccccc2[C@H](N(C(=O)Nc2ccccc2)c2ccccc2)C[C@@H]1C. The number of para-hydroxylation sites is 3. The fraction of sp³-hybridized carbons (Fsp3) is 0.200. The maximum absolute atomic E-state index is 13.5. The summed E-state index contributed by atoms with van der Waals surface area (Å²) >= 11 is 0. The first-order valence-electron chi connectivity index (χ1n) is 10.2. The van der Waals surface area contributed by atoms with Gasteiger partial charge in [0.2, 0.25) is 5.91 Å². The number of rotatable bonds is 3. The molecule has 0 saturated carbocycles. The number of amides is 3. The lowest BCUT2D eigenvalue weighted by atomic mass is 9.90. The van der Waals surface area contributed by atoms with Crippen LogP contribution in [0.25, 0.3) is 0 Å². The van der Waals surface area contributed by atoms with Crippen LogP contribution in [0.3, 0.4) is 0 Å². The van der Waals surface area contributed by atoms with Crippen molar-refractivity contribution in [2.75, 3.05) is 15.1 Å². The van der Waals surface area contributed by atoms with Crippen LogP contribution >= 0.6 is 0 Å². The van der Waals surface area contributed by atoms with Gasteiger partial charge in [-0.1, -0.05) is 54.6 Å². The zero-order valence-electron chi connectivity index (χ0n) is 17.2. The van der Waals surface area contributed by atoms with Crippen LogP contribution in [0.1, 0.15) is 31.9 Å². The zero-order chi connectivity index (χ0) is 21.1. The molecule has 30 heavy (non-hydrogen) atoms. The van der Waals surface area contributed by atoms with E-state index in [0.717, 1.165) is 22.6 Å². The number of hydrogen-bond acceptors (Lipinski definition) is 2. The zero-order valence-corrected chi connectivity index (χ0v) is 17.2. The van der Waals surface area contributed by atoms with E-state index in [-0.39, 0.29) is 24.0 Å². The van der Waals surface area contributed by atoms with Gasteiger partial charge in [-0.15, -0.1) is 0 Å².